The summed E-state index contributed by atoms with van der Waals surface area (Å²) in [6, 6.07) is 0. The van der Waals surface area contributed by atoms with Gasteiger partial charge in [0.05, 0.1) is 0 Å². The van der Waals surface area contributed by atoms with Crippen LogP contribution in [0.5, 0.6) is 0 Å². The summed E-state index contributed by atoms with van der Waals surface area (Å²) in [4.78, 5) is 0. The maximum atomic E-state index is 8.75. The molecule has 0 rings (SSSR count). The molecule has 3 N–H and O–H groups in total. The molecule has 0 aliphatic heterocycles. The molecule has 0 aliphatic carbocycles. The van der Waals surface area contributed by atoms with Crippen LogP contribution in [-0.2, 0) is 0 Å². The molecule has 0 aromatic heterocycles. The lowest BCUT2D eigenvalue weighted by Crippen LogP contribution is -2.03. The van der Waals surface area contributed by atoms with Crippen molar-refractivity contribution in [2.75, 3.05) is 19.8 Å². The first-order valence-electron chi connectivity index (χ1n) is 6.09. The molecule has 0 radical (unpaired) electrons. The van der Waals surface area contributed by atoms with E-state index in [2.05, 4.69) is 13.8 Å². The molecular weight excluding hydrogens is 192 g/mol. The Kier molecular flexibility index (Phi) is 18.8. The lowest BCUT2D eigenvalue weighted by atomic mass is 10.0. The fourth-order valence-electron chi connectivity index (χ4n) is 1.14. The van der Waals surface area contributed by atoms with Gasteiger partial charge in [-0.3, -0.25) is 0 Å². The van der Waals surface area contributed by atoms with Crippen molar-refractivity contribution in [2.45, 2.75) is 52.4 Å². The minimum Gasteiger partial charge on any atom is -0.396 e. The zero-order valence-corrected chi connectivity index (χ0v) is 10.3. The van der Waals surface area contributed by atoms with Gasteiger partial charge in [-0.05, 0) is 25.2 Å². The summed E-state index contributed by atoms with van der Waals surface area (Å²) in [5, 5.41) is 24.9. The third-order valence-corrected chi connectivity index (χ3v) is 2.37. The molecule has 0 aromatic rings. The molecule has 0 bridgehead atoms. The summed E-state index contributed by atoms with van der Waals surface area (Å²) >= 11 is 0. The van der Waals surface area contributed by atoms with Gasteiger partial charge in [-0.1, -0.05) is 33.1 Å². The third kappa shape index (κ3) is 16.5. The Morgan fingerprint density at radius 2 is 1.40 bits per heavy atom. The Balaban J connectivity index is 0. The molecule has 0 spiro atoms. The van der Waals surface area contributed by atoms with Crippen molar-refractivity contribution in [3.05, 3.63) is 0 Å². The van der Waals surface area contributed by atoms with E-state index >= 15 is 0 Å². The summed E-state index contributed by atoms with van der Waals surface area (Å²) in [5.74, 6) is 0.560. The average molecular weight is 220 g/mol. The average Bonchev–Trinajstić information content (AvgIpc) is 2.29. The van der Waals surface area contributed by atoms with Crippen molar-refractivity contribution in [1.29, 1.82) is 0 Å². The summed E-state index contributed by atoms with van der Waals surface area (Å²) in [6.45, 7) is 5.08. The molecule has 0 saturated heterocycles. The van der Waals surface area contributed by atoms with Crippen LogP contribution in [0.3, 0.4) is 0 Å². The SMILES string of the molecule is CCCCC(CC)CO.OCCCCO. The van der Waals surface area contributed by atoms with E-state index in [1.807, 2.05) is 0 Å². The third-order valence-electron chi connectivity index (χ3n) is 2.37. The Labute approximate surface area is 94.1 Å². The van der Waals surface area contributed by atoms with Crippen molar-refractivity contribution >= 4 is 0 Å². The van der Waals surface area contributed by atoms with Crippen molar-refractivity contribution in [3.8, 4) is 0 Å². The van der Waals surface area contributed by atoms with Crippen LogP contribution in [0.1, 0.15) is 52.4 Å². The van der Waals surface area contributed by atoms with Gasteiger partial charge in [0, 0.05) is 19.8 Å². The summed E-state index contributed by atoms with van der Waals surface area (Å²) in [5.41, 5.74) is 0. The van der Waals surface area contributed by atoms with Gasteiger partial charge >= 0.3 is 0 Å². The molecule has 1 atom stereocenters. The number of unbranched alkanes of at least 4 members (excludes halogenated alkanes) is 2. The predicted molar refractivity (Wildman–Crippen MR) is 63.8 cm³/mol. The zero-order valence-electron chi connectivity index (χ0n) is 10.3. The van der Waals surface area contributed by atoms with Gasteiger partial charge < -0.3 is 15.3 Å². The van der Waals surface area contributed by atoms with Crippen molar-refractivity contribution in [1.82, 2.24) is 0 Å². The van der Waals surface area contributed by atoms with Gasteiger partial charge in [-0.15, -0.1) is 0 Å². The lowest BCUT2D eigenvalue weighted by molar-refractivity contribution is 0.212. The highest BCUT2D eigenvalue weighted by molar-refractivity contribution is 4.53. The number of hydrogen-bond donors (Lipinski definition) is 3. The van der Waals surface area contributed by atoms with Gasteiger partial charge in [0.2, 0.25) is 0 Å². The van der Waals surface area contributed by atoms with E-state index < -0.39 is 0 Å². The maximum Gasteiger partial charge on any atom is 0.0459 e. The van der Waals surface area contributed by atoms with E-state index in [1.54, 1.807) is 0 Å². The Morgan fingerprint density at radius 3 is 1.67 bits per heavy atom. The van der Waals surface area contributed by atoms with E-state index in [-0.39, 0.29) is 13.2 Å². The van der Waals surface area contributed by atoms with E-state index in [0.29, 0.717) is 12.5 Å². The highest BCUT2D eigenvalue weighted by Gasteiger charge is 2.01. The summed E-state index contributed by atoms with van der Waals surface area (Å²) in [6.07, 6.45) is 6.27. The van der Waals surface area contributed by atoms with Crippen LogP contribution in [-0.4, -0.2) is 35.1 Å². The molecule has 15 heavy (non-hydrogen) atoms. The van der Waals surface area contributed by atoms with Crippen molar-refractivity contribution in [3.63, 3.8) is 0 Å². The topological polar surface area (TPSA) is 60.7 Å². The maximum absolute atomic E-state index is 8.75. The molecule has 1 unspecified atom stereocenters. The van der Waals surface area contributed by atoms with E-state index in [4.69, 9.17) is 15.3 Å². The van der Waals surface area contributed by atoms with E-state index in [1.165, 1.54) is 19.3 Å². The quantitative estimate of drug-likeness (QED) is 0.548. The fourth-order valence-corrected chi connectivity index (χ4v) is 1.14. The molecule has 0 fully saturated rings. The van der Waals surface area contributed by atoms with Crippen LogP contribution in [0.25, 0.3) is 0 Å². The largest absolute Gasteiger partial charge is 0.396 e. The first kappa shape index (κ1) is 17.3. The molecule has 0 amide bonds. The standard InChI is InChI=1S/C8H18O.C4H10O2/c1-3-5-6-8(4-2)7-9;5-3-1-2-4-6/h8-9H,3-7H2,1-2H3;5-6H,1-4H2. The smallest absolute Gasteiger partial charge is 0.0459 e. The molecule has 3 nitrogen and oxygen atoms in total. The first-order valence-corrected chi connectivity index (χ1v) is 6.09. The second kappa shape index (κ2) is 16.3. The van der Waals surface area contributed by atoms with Crippen LogP contribution < -0.4 is 0 Å². The second-order valence-electron chi connectivity index (χ2n) is 3.75. The molecule has 3 heteroatoms. The minimum atomic E-state index is 0.195. The highest BCUT2D eigenvalue weighted by atomic mass is 16.3. The molecule has 94 valence electrons. The number of rotatable bonds is 8. The van der Waals surface area contributed by atoms with Crippen LogP contribution in [0.4, 0.5) is 0 Å². The van der Waals surface area contributed by atoms with E-state index in [9.17, 15) is 0 Å². The van der Waals surface area contributed by atoms with Crippen molar-refractivity contribution in [2.24, 2.45) is 5.92 Å². The highest BCUT2D eigenvalue weighted by Crippen LogP contribution is 2.10. The number of hydrogen-bond acceptors (Lipinski definition) is 3. The number of aliphatic hydroxyl groups is 3. The molecule has 0 aromatic carbocycles. The first-order chi connectivity index (χ1) is 7.26. The lowest BCUT2D eigenvalue weighted by Gasteiger charge is -2.08. The molecule has 0 aliphatic rings. The summed E-state index contributed by atoms with van der Waals surface area (Å²) < 4.78 is 0. The normalized spacial score (nSPS) is 11.8. The molecular formula is C12H28O3. The van der Waals surface area contributed by atoms with Crippen LogP contribution in [0, 0.1) is 5.92 Å². The Hall–Kier alpha value is -0.120. The van der Waals surface area contributed by atoms with Crippen LogP contribution in [0.2, 0.25) is 0 Å². The number of aliphatic hydroxyl groups excluding tert-OH is 3. The minimum absolute atomic E-state index is 0.195. The van der Waals surface area contributed by atoms with Gasteiger partial charge in [-0.2, -0.15) is 0 Å². The Bertz CT molecular complexity index is 88.9. The zero-order chi connectivity index (χ0) is 11.9. The van der Waals surface area contributed by atoms with Gasteiger partial charge in [0.25, 0.3) is 0 Å². The Morgan fingerprint density at radius 1 is 0.867 bits per heavy atom. The molecule has 0 saturated carbocycles. The summed E-state index contributed by atoms with van der Waals surface area (Å²) in [7, 11) is 0. The van der Waals surface area contributed by atoms with E-state index in [0.717, 1.165) is 19.3 Å². The van der Waals surface area contributed by atoms with Gasteiger partial charge in [0.1, 0.15) is 0 Å². The predicted octanol–water partition coefficient (Wildman–Crippen LogP) is 1.95. The van der Waals surface area contributed by atoms with Gasteiger partial charge in [-0.25, -0.2) is 0 Å². The van der Waals surface area contributed by atoms with Crippen LogP contribution in [0.15, 0.2) is 0 Å². The second-order valence-corrected chi connectivity index (χ2v) is 3.75. The van der Waals surface area contributed by atoms with Crippen molar-refractivity contribution < 1.29 is 15.3 Å². The van der Waals surface area contributed by atoms with Gasteiger partial charge in [0.15, 0.2) is 0 Å². The van der Waals surface area contributed by atoms with Crippen LogP contribution >= 0.6 is 0 Å². The monoisotopic (exact) mass is 220 g/mol. The fraction of sp³-hybridized carbons (Fsp3) is 1.00. The molecule has 0 heterocycles.